The van der Waals surface area contributed by atoms with E-state index in [0.717, 1.165) is 37.7 Å². The van der Waals surface area contributed by atoms with Gasteiger partial charge in [0.15, 0.2) is 11.6 Å². The summed E-state index contributed by atoms with van der Waals surface area (Å²) in [6, 6.07) is 3.28. The molecule has 1 N–H and O–H groups in total. The van der Waals surface area contributed by atoms with E-state index < -0.39 is 0 Å². The van der Waals surface area contributed by atoms with Gasteiger partial charge in [-0.2, -0.15) is 4.98 Å². The van der Waals surface area contributed by atoms with Crippen molar-refractivity contribution in [3.63, 3.8) is 0 Å². The molecule has 2 aliphatic rings. The molecule has 0 radical (unpaired) electrons. The molecule has 0 saturated carbocycles. The van der Waals surface area contributed by atoms with E-state index in [9.17, 15) is 9.59 Å². The maximum absolute atomic E-state index is 13.5. The number of aromatic nitrogens is 2. The van der Waals surface area contributed by atoms with Crippen molar-refractivity contribution in [2.75, 3.05) is 18.4 Å². The van der Waals surface area contributed by atoms with Crippen LogP contribution in [0.3, 0.4) is 0 Å². The highest BCUT2D eigenvalue weighted by Gasteiger charge is 2.33. The Morgan fingerprint density at radius 2 is 2.10 bits per heavy atom. The average Bonchev–Trinajstić information content (AvgIpc) is 3.52. The standard InChI is InChI=1S/C21H22N4O4S/c1-12-22-19(29-24-12)13-7-9-25(10-8-13)21(27)17-14-4-2-6-16(14)30-20(17)23-18(26)15-5-3-11-28-15/h3,5,11,13H,2,4,6-10H2,1H3,(H,23,26). The smallest absolute Gasteiger partial charge is 0.291 e. The van der Waals surface area contributed by atoms with E-state index in [-0.39, 0.29) is 23.5 Å². The molecular weight excluding hydrogens is 404 g/mol. The number of piperidine rings is 1. The lowest BCUT2D eigenvalue weighted by atomic mass is 9.96. The zero-order valence-electron chi connectivity index (χ0n) is 16.6. The quantitative estimate of drug-likeness (QED) is 0.681. The molecule has 2 amide bonds. The number of hydrogen-bond acceptors (Lipinski definition) is 7. The van der Waals surface area contributed by atoms with E-state index in [1.807, 2.05) is 4.90 Å². The summed E-state index contributed by atoms with van der Waals surface area (Å²) >= 11 is 1.51. The van der Waals surface area contributed by atoms with Crippen LogP contribution in [0.1, 0.15) is 68.2 Å². The molecule has 1 aliphatic carbocycles. The minimum absolute atomic E-state index is 0.00990. The van der Waals surface area contributed by atoms with E-state index in [1.54, 1.807) is 19.1 Å². The Morgan fingerprint density at radius 3 is 2.80 bits per heavy atom. The zero-order chi connectivity index (χ0) is 20.7. The molecule has 4 heterocycles. The first kappa shape index (κ1) is 19.0. The largest absolute Gasteiger partial charge is 0.459 e. The Balaban J connectivity index is 1.34. The van der Waals surface area contributed by atoms with Crippen LogP contribution in [0.2, 0.25) is 0 Å². The molecular formula is C21H22N4O4S. The van der Waals surface area contributed by atoms with Crippen LogP contribution in [0.25, 0.3) is 0 Å². The Kier molecular flexibility index (Phi) is 4.90. The summed E-state index contributed by atoms with van der Waals surface area (Å²) in [5.41, 5.74) is 1.74. The molecule has 9 heteroatoms. The Bertz CT molecular complexity index is 1080. The van der Waals surface area contributed by atoms with Crippen LogP contribution in [0, 0.1) is 6.92 Å². The maximum Gasteiger partial charge on any atom is 0.291 e. The van der Waals surface area contributed by atoms with Gasteiger partial charge in [0.25, 0.3) is 11.8 Å². The summed E-state index contributed by atoms with van der Waals surface area (Å²) < 4.78 is 10.5. The van der Waals surface area contributed by atoms with E-state index in [2.05, 4.69) is 15.5 Å². The summed E-state index contributed by atoms with van der Waals surface area (Å²) in [6.45, 7) is 3.06. The number of furan rings is 1. The van der Waals surface area contributed by atoms with Crippen LogP contribution in [0.15, 0.2) is 27.3 Å². The number of amides is 2. The van der Waals surface area contributed by atoms with Crippen molar-refractivity contribution in [2.24, 2.45) is 0 Å². The second-order valence-electron chi connectivity index (χ2n) is 7.74. The fourth-order valence-corrected chi connectivity index (χ4v) is 5.53. The number of nitrogens with zero attached hydrogens (tertiary/aromatic N) is 3. The van der Waals surface area contributed by atoms with Crippen molar-refractivity contribution in [1.29, 1.82) is 0 Å². The summed E-state index contributed by atoms with van der Waals surface area (Å²) in [5.74, 6) is 1.36. The van der Waals surface area contributed by atoms with Crippen molar-refractivity contribution in [3.8, 4) is 0 Å². The summed E-state index contributed by atoms with van der Waals surface area (Å²) in [7, 11) is 0. The molecule has 5 rings (SSSR count). The van der Waals surface area contributed by atoms with Crippen molar-refractivity contribution in [1.82, 2.24) is 15.0 Å². The van der Waals surface area contributed by atoms with Crippen LogP contribution in [0.5, 0.6) is 0 Å². The fraction of sp³-hybridized carbons (Fsp3) is 0.429. The van der Waals surface area contributed by atoms with Crippen molar-refractivity contribution in [2.45, 2.75) is 44.9 Å². The number of carbonyl (C=O) groups is 2. The first-order valence-corrected chi connectivity index (χ1v) is 11.0. The Labute approximate surface area is 177 Å². The van der Waals surface area contributed by atoms with Crippen LogP contribution >= 0.6 is 11.3 Å². The van der Waals surface area contributed by atoms with E-state index in [1.165, 1.54) is 22.5 Å². The first-order chi connectivity index (χ1) is 14.6. The Morgan fingerprint density at radius 1 is 1.27 bits per heavy atom. The normalized spacial score (nSPS) is 16.6. The fourth-order valence-electron chi connectivity index (χ4n) is 4.26. The minimum Gasteiger partial charge on any atom is -0.459 e. The van der Waals surface area contributed by atoms with Crippen LogP contribution in [0.4, 0.5) is 5.00 Å². The number of carbonyl (C=O) groups excluding carboxylic acids is 2. The lowest BCUT2D eigenvalue weighted by molar-refractivity contribution is 0.0705. The SMILES string of the molecule is Cc1noc(C2CCN(C(=O)c3c(NC(=O)c4ccco4)sc4c3CCC4)CC2)n1. The molecule has 0 spiro atoms. The molecule has 0 atom stereocenters. The maximum atomic E-state index is 13.5. The number of anilines is 1. The van der Waals surface area contributed by atoms with Gasteiger partial charge >= 0.3 is 0 Å². The highest BCUT2D eigenvalue weighted by molar-refractivity contribution is 7.17. The molecule has 0 unspecified atom stereocenters. The second kappa shape index (κ2) is 7.71. The molecule has 156 valence electrons. The van der Waals surface area contributed by atoms with Gasteiger partial charge in [-0.25, -0.2) is 0 Å². The predicted octanol–water partition coefficient (Wildman–Crippen LogP) is 3.79. The number of likely N-dealkylation sites (tertiary alicyclic amines) is 1. The topological polar surface area (TPSA) is 101 Å². The predicted molar refractivity (Wildman–Crippen MR) is 110 cm³/mol. The lowest BCUT2D eigenvalue weighted by Gasteiger charge is -2.30. The van der Waals surface area contributed by atoms with Gasteiger partial charge in [0.05, 0.1) is 11.8 Å². The zero-order valence-corrected chi connectivity index (χ0v) is 17.5. The van der Waals surface area contributed by atoms with E-state index in [0.29, 0.717) is 35.4 Å². The van der Waals surface area contributed by atoms with E-state index >= 15 is 0 Å². The molecule has 0 bridgehead atoms. The summed E-state index contributed by atoms with van der Waals surface area (Å²) in [4.78, 5) is 33.4. The number of thiophene rings is 1. The van der Waals surface area contributed by atoms with Gasteiger partial charge in [-0.3, -0.25) is 9.59 Å². The molecule has 3 aromatic rings. The van der Waals surface area contributed by atoms with Gasteiger partial charge in [-0.05, 0) is 56.7 Å². The third kappa shape index (κ3) is 3.43. The van der Waals surface area contributed by atoms with Crippen LogP contribution in [-0.4, -0.2) is 39.9 Å². The van der Waals surface area contributed by atoms with Gasteiger partial charge in [0.1, 0.15) is 5.00 Å². The molecule has 3 aromatic heterocycles. The molecule has 1 saturated heterocycles. The molecule has 30 heavy (non-hydrogen) atoms. The molecule has 1 fully saturated rings. The molecule has 8 nitrogen and oxygen atoms in total. The van der Waals surface area contributed by atoms with Gasteiger partial charge in [-0.1, -0.05) is 5.16 Å². The van der Waals surface area contributed by atoms with Crippen molar-refractivity contribution < 1.29 is 18.5 Å². The molecule has 1 aliphatic heterocycles. The number of nitrogens with one attached hydrogen (secondary N) is 1. The second-order valence-corrected chi connectivity index (χ2v) is 8.84. The third-order valence-electron chi connectivity index (χ3n) is 5.78. The number of hydrogen-bond donors (Lipinski definition) is 1. The van der Waals surface area contributed by atoms with Crippen molar-refractivity contribution in [3.05, 3.63) is 51.9 Å². The third-order valence-corrected chi connectivity index (χ3v) is 6.99. The minimum atomic E-state index is -0.334. The summed E-state index contributed by atoms with van der Waals surface area (Å²) in [6.07, 6.45) is 5.91. The van der Waals surface area contributed by atoms with Crippen LogP contribution < -0.4 is 5.32 Å². The number of rotatable bonds is 4. The lowest BCUT2D eigenvalue weighted by Crippen LogP contribution is -2.38. The number of aryl methyl sites for hydroxylation is 2. The highest BCUT2D eigenvalue weighted by atomic mass is 32.1. The van der Waals surface area contributed by atoms with Crippen LogP contribution in [-0.2, 0) is 12.8 Å². The highest BCUT2D eigenvalue weighted by Crippen LogP contribution is 2.40. The van der Waals surface area contributed by atoms with Gasteiger partial charge in [0, 0.05) is 23.9 Å². The van der Waals surface area contributed by atoms with Gasteiger partial charge in [-0.15, -0.1) is 11.3 Å². The van der Waals surface area contributed by atoms with Crippen molar-refractivity contribution >= 4 is 28.2 Å². The monoisotopic (exact) mass is 426 g/mol. The van der Waals surface area contributed by atoms with Gasteiger partial charge in [0.2, 0.25) is 5.89 Å². The first-order valence-electron chi connectivity index (χ1n) is 10.2. The Hall–Kier alpha value is -2.94. The van der Waals surface area contributed by atoms with E-state index in [4.69, 9.17) is 8.94 Å². The van der Waals surface area contributed by atoms with Gasteiger partial charge < -0.3 is 19.2 Å². The average molecular weight is 426 g/mol. The molecule has 0 aromatic carbocycles. The summed E-state index contributed by atoms with van der Waals surface area (Å²) in [5, 5.41) is 7.40. The number of fused-ring (bicyclic) bond motifs is 1.